The van der Waals surface area contributed by atoms with Crippen LogP contribution >= 0.6 is 0 Å². The van der Waals surface area contributed by atoms with Gasteiger partial charge in [0.2, 0.25) is 21.9 Å². The molecule has 2 aromatic heterocycles. The van der Waals surface area contributed by atoms with E-state index < -0.39 is 21.9 Å². The number of aliphatic hydroxyl groups excluding tert-OH is 1. The number of aromatic nitrogens is 4. The molecule has 1 atom stereocenters. The maximum absolute atomic E-state index is 13.1. The average molecular weight is 537 g/mol. The van der Waals surface area contributed by atoms with E-state index in [4.69, 9.17) is 19.5 Å². The van der Waals surface area contributed by atoms with Gasteiger partial charge >= 0.3 is 0 Å². The second-order valence-corrected chi connectivity index (χ2v) is 9.66. The fourth-order valence-corrected chi connectivity index (χ4v) is 4.80. The molecule has 4 aromatic rings. The van der Waals surface area contributed by atoms with E-state index in [-0.39, 0.29) is 11.8 Å². The smallest absolute Gasteiger partial charge is 0.243 e. The van der Waals surface area contributed by atoms with E-state index in [0.717, 1.165) is 0 Å². The predicted octanol–water partition coefficient (Wildman–Crippen LogP) is 2.70. The van der Waals surface area contributed by atoms with Crippen LogP contribution in [0.5, 0.6) is 17.4 Å². The fourth-order valence-electron chi connectivity index (χ4n) is 3.70. The number of ether oxygens (including phenoxy) is 3. The van der Waals surface area contributed by atoms with Crippen LogP contribution in [0.15, 0.2) is 60.7 Å². The highest BCUT2D eigenvalue weighted by molar-refractivity contribution is 7.92. The first kappa shape index (κ1) is 26.4. The van der Waals surface area contributed by atoms with Crippen LogP contribution in [0.25, 0.3) is 17.2 Å². The van der Waals surface area contributed by atoms with Gasteiger partial charge < -0.3 is 19.3 Å². The molecular weight excluding hydrogens is 512 g/mol. The fraction of sp³-hybridized carbons (Fsp3) is 0.200. The van der Waals surface area contributed by atoms with Gasteiger partial charge in [0.15, 0.2) is 5.82 Å². The standard InChI is InChI=1S/C25H24N6O6S/c1-35-20-7-5-8-21(36-2)23(20)31-24(18-6-4-9-22(27-18)37-3)28-29-25(31)30-38(33,34)15-19(32)17-12-10-16(14-26)11-13-17/h4-13,19,32H,15H2,1-3H3,(H,29,30)/t19-/m1/s1. The summed E-state index contributed by atoms with van der Waals surface area (Å²) in [5.41, 5.74) is 1.39. The topological polar surface area (TPSA) is 161 Å². The molecule has 38 heavy (non-hydrogen) atoms. The number of methoxy groups -OCH3 is 3. The molecule has 0 aliphatic heterocycles. The normalized spacial score (nSPS) is 11.9. The highest BCUT2D eigenvalue weighted by atomic mass is 32.2. The van der Waals surface area contributed by atoms with Crippen LogP contribution in [-0.4, -0.2) is 60.4 Å². The average Bonchev–Trinajstić information content (AvgIpc) is 3.34. The third kappa shape index (κ3) is 5.51. The maximum Gasteiger partial charge on any atom is 0.243 e. The lowest BCUT2D eigenvalue weighted by Crippen LogP contribution is -2.23. The van der Waals surface area contributed by atoms with Gasteiger partial charge in [-0.1, -0.05) is 24.3 Å². The molecule has 0 bridgehead atoms. The number of sulfonamides is 1. The Hall–Kier alpha value is -4.67. The monoisotopic (exact) mass is 536 g/mol. The highest BCUT2D eigenvalue weighted by Gasteiger charge is 2.27. The van der Waals surface area contributed by atoms with Gasteiger partial charge in [-0.15, -0.1) is 10.2 Å². The summed E-state index contributed by atoms with van der Waals surface area (Å²) in [7, 11) is 0.231. The van der Waals surface area contributed by atoms with Crippen molar-refractivity contribution in [2.75, 3.05) is 31.8 Å². The van der Waals surface area contributed by atoms with Gasteiger partial charge in [-0.2, -0.15) is 5.26 Å². The Bertz CT molecular complexity index is 1560. The molecule has 2 aromatic carbocycles. The molecule has 2 N–H and O–H groups in total. The SMILES string of the molecule is COc1cccc(-c2nnc(NS(=O)(=O)C[C@@H](O)c3ccc(C#N)cc3)n2-c2c(OC)cccc2OC)n1. The lowest BCUT2D eigenvalue weighted by molar-refractivity contribution is 0.202. The van der Waals surface area contributed by atoms with Gasteiger partial charge in [0.25, 0.3) is 0 Å². The zero-order valence-corrected chi connectivity index (χ0v) is 21.5. The number of hydrogen-bond donors (Lipinski definition) is 2. The van der Waals surface area contributed by atoms with Gasteiger partial charge in [-0.3, -0.25) is 9.29 Å². The molecule has 2 heterocycles. The number of rotatable bonds is 10. The number of nitrogens with zero attached hydrogens (tertiary/aromatic N) is 5. The minimum Gasteiger partial charge on any atom is -0.494 e. The highest BCUT2D eigenvalue weighted by Crippen LogP contribution is 2.37. The first-order valence-electron chi connectivity index (χ1n) is 11.2. The lowest BCUT2D eigenvalue weighted by Gasteiger charge is -2.18. The van der Waals surface area contributed by atoms with Crippen molar-refractivity contribution in [3.63, 3.8) is 0 Å². The van der Waals surface area contributed by atoms with Gasteiger partial charge in [-0.05, 0) is 35.9 Å². The zero-order valence-electron chi connectivity index (χ0n) is 20.7. The Morgan fingerprint density at radius 3 is 2.24 bits per heavy atom. The number of hydrogen-bond acceptors (Lipinski definition) is 10. The summed E-state index contributed by atoms with van der Waals surface area (Å²) in [5.74, 6) is 0.340. The number of para-hydroxylation sites is 1. The summed E-state index contributed by atoms with van der Waals surface area (Å²) >= 11 is 0. The molecule has 0 saturated heterocycles. The maximum atomic E-state index is 13.1. The molecule has 0 spiro atoms. The molecule has 0 saturated carbocycles. The zero-order chi connectivity index (χ0) is 27.3. The third-order valence-electron chi connectivity index (χ3n) is 5.50. The molecule has 4 rings (SSSR count). The number of anilines is 1. The predicted molar refractivity (Wildman–Crippen MR) is 138 cm³/mol. The van der Waals surface area contributed by atoms with Gasteiger partial charge in [0.1, 0.15) is 22.9 Å². The second kappa shape index (κ2) is 11.2. The van der Waals surface area contributed by atoms with Crippen molar-refractivity contribution in [3.8, 4) is 40.7 Å². The molecule has 0 amide bonds. The number of pyridine rings is 1. The molecule has 13 heteroatoms. The quantitative estimate of drug-likeness (QED) is 0.308. The van der Waals surface area contributed by atoms with Crippen molar-refractivity contribution in [1.82, 2.24) is 19.7 Å². The number of nitriles is 1. The lowest BCUT2D eigenvalue weighted by atomic mass is 10.1. The van der Waals surface area contributed by atoms with Crippen molar-refractivity contribution in [2.45, 2.75) is 6.10 Å². The summed E-state index contributed by atoms with van der Waals surface area (Å²) in [6.07, 6.45) is -1.36. The minimum atomic E-state index is -4.16. The third-order valence-corrected chi connectivity index (χ3v) is 6.75. The van der Waals surface area contributed by atoms with Crippen LogP contribution in [0.3, 0.4) is 0 Å². The molecule has 0 fully saturated rings. The summed E-state index contributed by atoms with van der Waals surface area (Å²) in [5, 5.41) is 27.8. The number of aliphatic hydroxyl groups is 1. The van der Waals surface area contributed by atoms with Crippen LogP contribution in [0.4, 0.5) is 5.95 Å². The first-order valence-corrected chi connectivity index (χ1v) is 12.8. The van der Waals surface area contributed by atoms with Crippen LogP contribution in [0.1, 0.15) is 17.2 Å². The van der Waals surface area contributed by atoms with E-state index in [1.165, 1.54) is 50.2 Å². The van der Waals surface area contributed by atoms with Crippen LogP contribution < -0.4 is 18.9 Å². The number of benzene rings is 2. The molecule has 12 nitrogen and oxygen atoms in total. The van der Waals surface area contributed by atoms with E-state index in [0.29, 0.717) is 39.9 Å². The van der Waals surface area contributed by atoms with Crippen molar-refractivity contribution in [2.24, 2.45) is 0 Å². The van der Waals surface area contributed by atoms with Crippen LogP contribution in [0.2, 0.25) is 0 Å². The van der Waals surface area contributed by atoms with E-state index in [1.807, 2.05) is 6.07 Å². The summed E-state index contributed by atoms with van der Waals surface area (Å²) in [4.78, 5) is 4.40. The molecular formula is C25H24N6O6S. The molecule has 0 aliphatic rings. The molecule has 0 aliphatic carbocycles. The summed E-state index contributed by atoms with van der Waals surface area (Å²) in [6, 6.07) is 18.0. The largest absolute Gasteiger partial charge is 0.494 e. The van der Waals surface area contributed by atoms with Gasteiger partial charge in [-0.25, -0.2) is 13.4 Å². The Morgan fingerprint density at radius 2 is 1.63 bits per heavy atom. The molecule has 0 unspecified atom stereocenters. The Balaban J connectivity index is 1.79. The van der Waals surface area contributed by atoms with Crippen LogP contribution in [-0.2, 0) is 10.0 Å². The van der Waals surface area contributed by atoms with Crippen molar-refractivity contribution in [3.05, 3.63) is 71.8 Å². The first-order chi connectivity index (χ1) is 18.3. The molecule has 0 radical (unpaired) electrons. The number of nitrogens with one attached hydrogen (secondary N) is 1. The summed E-state index contributed by atoms with van der Waals surface area (Å²) in [6.45, 7) is 0. The van der Waals surface area contributed by atoms with E-state index in [2.05, 4.69) is 19.9 Å². The van der Waals surface area contributed by atoms with Crippen molar-refractivity contribution >= 4 is 16.0 Å². The Labute approximate surface area is 219 Å². The summed E-state index contributed by atoms with van der Waals surface area (Å²) < 4.78 is 46.4. The minimum absolute atomic E-state index is 0.178. The van der Waals surface area contributed by atoms with E-state index >= 15 is 0 Å². The van der Waals surface area contributed by atoms with Crippen LogP contribution in [0, 0.1) is 11.3 Å². The van der Waals surface area contributed by atoms with Crippen molar-refractivity contribution in [1.29, 1.82) is 5.26 Å². The Morgan fingerprint density at radius 1 is 0.974 bits per heavy atom. The second-order valence-electron chi connectivity index (χ2n) is 7.89. The van der Waals surface area contributed by atoms with E-state index in [9.17, 15) is 13.5 Å². The van der Waals surface area contributed by atoms with Gasteiger partial charge in [0, 0.05) is 6.07 Å². The van der Waals surface area contributed by atoms with Gasteiger partial charge in [0.05, 0.1) is 44.8 Å². The Kier molecular flexibility index (Phi) is 7.75. The molecule has 196 valence electrons. The van der Waals surface area contributed by atoms with Crippen molar-refractivity contribution < 1.29 is 27.7 Å². The van der Waals surface area contributed by atoms with E-state index in [1.54, 1.807) is 36.4 Å².